The zero-order valence-corrected chi connectivity index (χ0v) is 14.9. The van der Waals surface area contributed by atoms with Crippen molar-refractivity contribution in [2.45, 2.75) is 11.3 Å². The predicted octanol–water partition coefficient (Wildman–Crippen LogP) is 2.93. The first kappa shape index (κ1) is 19.0. The Bertz CT molecular complexity index is 895. The molecule has 2 aromatic carbocycles. The minimum absolute atomic E-state index is 0.0699. The maximum absolute atomic E-state index is 12.2. The molecule has 0 heterocycles. The van der Waals surface area contributed by atoms with Crippen LogP contribution in [-0.2, 0) is 19.4 Å². The molecule has 0 bridgehead atoms. The summed E-state index contributed by atoms with van der Waals surface area (Å²) in [5.41, 5.74) is 0.667. The fraction of sp³-hybridized carbons (Fsp3) is 0.176. The van der Waals surface area contributed by atoms with E-state index in [4.69, 9.17) is 11.6 Å². The number of hydrogen-bond donors (Lipinski definition) is 1. The summed E-state index contributed by atoms with van der Waals surface area (Å²) in [4.78, 5) is 23.5. The molecule has 0 aliphatic heterocycles. The molecule has 0 spiro atoms. The largest absolute Gasteiger partial charge is 0.465 e. The number of carbonyl (C=O) groups excluding carboxylic acids is 2. The van der Waals surface area contributed by atoms with Gasteiger partial charge in [0.15, 0.2) is 9.84 Å². The van der Waals surface area contributed by atoms with Crippen molar-refractivity contribution in [1.82, 2.24) is 0 Å². The SMILES string of the molecule is COC(=O)c1cccc(NC(=O)CCS(=O)(=O)c2cccc(Cl)c2)c1. The van der Waals surface area contributed by atoms with Crippen molar-refractivity contribution in [2.24, 2.45) is 0 Å². The Morgan fingerprint density at radius 2 is 1.84 bits per heavy atom. The lowest BCUT2D eigenvalue weighted by molar-refractivity contribution is -0.115. The van der Waals surface area contributed by atoms with Crippen LogP contribution in [-0.4, -0.2) is 33.2 Å². The molecule has 0 radical (unpaired) electrons. The number of hydrogen-bond acceptors (Lipinski definition) is 5. The molecule has 0 atom stereocenters. The highest BCUT2D eigenvalue weighted by Crippen LogP contribution is 2.18. The molecule has 25 heavy (non-hydrogen) atoms. The molecule has 132 valence electrons. The molecule has 1 N–H and O–H groups in total. The highest BCUT2D eigenvalue weighted by Gasteiger charge is 2.17. The third kappa shape index (κ3) is 5.30. The number of sulfone groups is 1. The molecule has 8 heteroatoms. The van der Waals surface area contributed by atoms with Crippen LogP contribution in [0.3, 0.4) is 0 Å². The van der Waals surface area contributed by atoms with E-state index in [-0.39, 0.29) is 22.6 Å². The number of benzene rings is 2. The average Bonchev–Trinajstić information content (AvgIpc) is 2.59. The van der Waals surface area contributed by atoms with Crippen molar-refractivity contribution in [3.8, 4) is 0 Å². The first-order chi connectivity index (χ1) is 11.8. The second-order valence-electron chi connectivity index (χ2n) is 5.15. The van der Waals surface area contributed by atoms with Gasteiger partial charge in [-0.25, -0.2) is 13.2 Å². The topological polar surface area (TPSA) is 89.5 Å². The van der Waals surface area contributed by atoms with Crippen LogP contribution in [0.5, 0.6) is 0 Å². The minimum atomic E-state index is -3.62. The van der Waals surface area contributed by atoms with Crippen LogP contribution >= 0.6 is 11.6 Å². The average molecular weight is 382 g/mol. The summed E-state index contributed by atoms with van der Waals surface area (Å²) in [7, 11) is -2.36. The first-order valence-electron chi connectivity index (χ1n) is 7.28. The second-order valence-corrected chi connectivity index (χ2v) is 7.69. The maximum Gasteiger partial charge on any atom is 0.337 e. The quantitative estimate of drug-likeness (QED) is 0.777. The van der Waals surface area contributed by atoms with E-state index < -0.39 is 21.7 Å². The van der Waals surface area contributed by atoms with Gasteiger partial charge >= 0.3 is 5.97 Å². The van der Waals surface area contributed by atoms with Crippen LogP contribution in [0.2, 0.25) is 5.02 Å². The monoisotopic (exact) mass is 381 g/mol. The van der Waals surface area contributed by atoms with Crippen LogP contribution in [0.4, 0.5) is 5.69 Å². The van der Waals surface area contributed by atoms with Crippen LogP contribution in [0.1, 0.15) is 16.8 Å². The molecule has 0 aromatic heterocycles. The van der Waals surface area contributed by atoms with Crippen LogP contribution in [0, 0.1) is 0 Å². The Morgan fingerprint density at radius 3 is 2.52 bits per heavy atom. The van der Waals surface area contributed by atoms with Crippen molar-refractivity contribution in [3.63, 3.8) is 0 Å². The summed E-state index contributed by atoms with van der Waals surface area (Å²) in [6.45, 7) is 0. The van der Waals surface area contributed by atoms with Crippen molar-refractivity contribution >= 4 is 39.0 Å². The van der Waals surface area contributed by atoms with Crippen molar-refractivity contribution < 1.29 is 22.7 Å². The Labute approximate surface area is 150 Å². The Balaban J connectivity index is 2.00. The van der Waals surface area contributed by atoms with E-state index in [1.165, 1.54) is 31.4 Å². The number of halogens is 1. The van der Waals surface area contributed by atoms with Gasteiger partial charge in [-0.2, -0.15) is 0 Å². The fourth-order valence-corrected chi connectivity index (χ4v) is 3.61. The third-order valence-corrected chi connectivity index (χ3v) is 5.27. The van der Waals surface area contributed by atoms with E-state index in [0.717, 1.165) is 0 Å². The van der Waals surface area contributed by atoms with Crippen LogP contribution in [0.15, 0.2) is 53.4 Å². The Kier molecular flexibility index (Phi) is 6.17. The number of nitrogens with one attached hydrogen (secondary N) is 1. The number of anilines is 1. The summed E-state index contributed by atoms with van der Waals surface area (Å²) >= 11 is 5.79. The van der Waals surface area contributed by atoms with Gasteiger partial charge in [0.2, 0.25) is 5.91 Å². The number of esters is 1. The summed E-state index contributed by atoms with van der Waals surface area (Å²) in [5, 5.41) is 2.87. The molecular formula is C17H16ClNO5S. The minimum Gasteiger partial charge on any atom is -0.465 e. The molecule has 2 aromatic rings. The highest BCUT2D eigenvalue weighted by atomic mass is 35.5. The van der Waals surface area contributed by atoms with Crippen molar-refractivity contribution in [3.05, 3.63) is 59.1 Å². The summed E-state index contributed by atoms with van der Waals surface area (Å²) < 4.78 is 29.1. The predicted molar refractivity (Wildman–Crippen MR) is 94.5 cm³/mol. The van der Waals surface area contributed by atoms with Gasteiger partial charge in [-0.3, -0.25) is 4.79 Å². The zero-order valence-electron chi connectivity index (χ0n) is 13.4. The normalized spacial score (nSPS) is 11.0. The number of rotatable bonds is 6. The molecule has 0 saturated carbocycles. The van der Waals surface area contributed by atoms with Gasteiger partial charge in [-0.05, 0) is 36.4 Å². The summed E-state index contributed by atoms with van der Waals surface area (Å²) in [6, 6.07) is 12.1. The van der Waals surface area contributed by atoms with Gasteiger partial charge in [0.25, 0.3) is 0 Å². The molecule has 2 rings (SSSR count). The maximum atomic E-state index is 12.2. The standard InChI is InChI=1S/C17H16ClNO5S/c1-24-17(21)12-4-2-6-14(10-12)19-16(20)8-9-25(22,23)15-7-3-5-13(18)11-15/h2-7,10-11H,8-9H2,1H3,(H,19,20). The van der Waals surface area contributed by atoms with E-state index >= 15 is 0 Å². The van der Waals surface area contributed by atoms with Gasteiger partial charge < -0.3 is 10.1 Å². The van der Waals surface area contributed by atoms with Crippen molar-refractivity contribution in [1.29, 1.82) is 0 Å². The number of amides is 1. The molecule has 0 fully saturated rings. The van der Waals surface area contributed by atoms with Gasteiger partial charge in [-0.15, -0.1) is 0 Å². The lowest BCUT2D eigenvalue weighted by atomic mass is 10.2. The molecule has 0 unspecified atom stereocenters. The molecule has 0 aliphatic carbocycles. The first-order valence-corrected chi connectivity index (χ1v) is 9.31. The van der Waals surface area contributed by atoms with E-state index in [2.05, 4.69) is 10.1 Å². The van der Waals surface area contributed by atoms with Gasteiger partial charge in [0.1, 0.15) is 0 Å². The van der Waals surface area contributed by atoms with Gasteiger partial charge in [0, 0.05) is 17.1 Å². The van der Waals surface area contributed by atoms with Crippen LogP contribution < -0.4 is 5.32 Å². The Hall–Kier alpha value is -2.38. The highest BCUT2D eigenvalue weighted by molar-refractivity contribution is 7.91. The lowest BCUT2D eigenvalue weighted by Gasteiger charge is -2.08. The Morgan fingerprint density at radius 1 is 1.12 bits per heavy atom. The van der Waals surface area contributed by atoms with Crippen molar-refractivity contribution in [2.75, 3.05) is 18.2 Å². The van der Waals surface area contributed by atoms with E-state index in [1.807, 2.05) is 0 Å². The summed E-state index contributed by atoms with van der Waals surface area (Å²) in [5.74, 6) is -1.36. The number of methoxy groups -OCH3 is 1. The molecule has 6 nitrogen and oxygen atoms in total. The zero-order chi connectivity index (χ0) is 18.4. The number of carbonyl (C=O) groups is 2. The third-order valence-electron chi connectivity index (χ3n) is 3.32. The summed E-state index contributed by atoms with van der Waals surface area (Å²) in [6.07, 6.45) is -0.225. The van der Waals surface area contributed by atoms with E-state index in [9.17, 15) is 18.0 Å². The molecule has 0 aliphatic rings. The van der Waals surface area contributed by atoms with Crippen LogP contribution in [0.25, 0.3) is 0 Å². The van der Waals surface area contributed by atoms with E-state index in [0.29, 0.717) is 10.7 Å². The smallest absolute Gasteiger partial charge is 0.337 e. The molecule has 1 amide bonds. The second kappa shape index (κ2) is 8.13. The van der Waals surface area contributed by atoms with E-state index in [1.54, 1.807) is 24.3 Å². The fourth-order valence-electron chi connectivity index (χ4n) is 2.07. The van der Waals surface area contributed by atoms with Gasteiger partial charge in [0.05, 0.1) is 23.3 Å². The van der Waals surface area contributed by atoms with Gasteiger partial charge in [-0.1, -0.05) is 23.7 Å². The lowest BCUT2D eigenvalue weighted by Crippen LogP contribution is -2.17. The molecular weight excluding hydrogens is 366 g/mol. The number of ether oxygens (including phenoxy) is 1. The molecule has 0 saturated heterocycles.